The number of allylic oxidation sites excluding steroid dienone is 4. The molecule has 0 aliphatic rings. The van der Waals surface area contributed by atoms with Gasteiger partial charge in [0, 0.05) is 4.48 Å². The molecule has 0 aliphatic carbocycles. The van der Waals surface area contributed by atoms with Crippen molar-refractivity contribution in [3.05, 3.63) is 22.7 Å². The molecule has 0 amide bonds. The lowest BCUT2D eigenvalue weighted by Crippen LogP contribution is -2.45. The van der Waals surface area contributed by atoms with Gasteiger partial charge in [0.2, 0.25) is 0 Å². The summed E-state index contributed by atoms with van der Waals surface area (Å²) in [4.78, 5) is 12.1. The Balaban J connectivity index is 4.78. The van der Waals surface area contributed by atoms with Crippen molar-refractivity contribution >= 4 is 29.4 Å². The van der Waals surface area contributed by atoms with Gasteiger partial charge in [-0.2, -0.15) is 0 Å². The Morgan fingerprint density at radius 2 is 1.75 bits per heavy atom. The van der Waals surface area contributed by atoms with E-state index in [1.54, 1.807) is 6.08 Å². The van der Waals surface area contributed by atoms with Crippen molar-refractivity contribution in [3.8, 4) is 0 Å². The first-order valence-electron chi connectivity index (χ1n) is 5.71. The van der Waals surface area contributed by atoms with E-state index in [1.165, 1.54) is 0 Å². The molecule has 0 bridgehead atoms. The molecule has 0 aromatic rings. The minimum atomic E-state index is -1.87. The van der Waals surface area contributed by atoms with Crippen LogP contribution in [0.3, 0.4) is 0 Å². The van der Waals surface area contributed by atoms with Crippen LogP contribution in [0.5, 0.6) is 0 Å². The number of carbonyl (C=O) groups is 1. The van der Waals surface area contributed by atoms with Crippen LogP contribution in [0.2, 0.25) is 18.1 Å². The average Bonchev–Trinajstić information content (AvgIpc) is 2.12. The Bertz CT molecular complexity index is 308. The highest BCUT2D eigenvalue weighted by Crippen LogP contribution is 2.36. The standard InChI is InChI=1S/C13H23BrOSi/c1-7-8-11(14)9-10-12(15)16(5,6)13(2,3)4/h8-10H,7H2,1-6H3/b10-9+,11-8-. The summed E-state index contributed by atoms with van der Waals surface area (Å²) in [6, 6.07) is 0. The largest absolute Gasteiger partial charge is 0.301 e. The van der Waals surface area contributed by atoms with E-state index in [9.17, 15) is 4.79 Å². The highest BCUT2D eigenvalue weighted by Gasteiger charge is 2.40. The molecule has 0 heterocycles. The topological polar surface area (TPSA) is 17.1 Å². The van der Waals surface area contributed by atoms with Crippen LogP contribution in [-0.4, -0.2) is 13.5 Å². The van der Waals surface area contributed by atoms with Crippen molar-refractivity contribution in [2.45, 2.75) is 52.2 Å². The predicted octanol–water partition coefficient (Wildman–Crippen LogP) is 4.85. The Labute approximate surface area is 109 Å². The zero-order chi connectivity index (χ0) is 13.0. The minimum absolute atomic E-state index is 0.107. The van der Waals surface area contributed by atoms with Crippen molar-refractivity contribution in [1.29, 1.82) is 0 Å². The lowest BCUT2D eigenvalue weighted by atomic mass is 10.2. The molecule has 92 valence electrons. The van der Waals surface area contributed by atoms with Gasteiger partial charge in [-0.3, -0.25) is 0 Å². The number of halogens is 1. The van der Waals surface area contributed by atoms with Gasteiger partial charge in [0.25, 0.3) is 0 Å². The first kappa shape index (κ1) is 15.8. The fraction of sp³-hybridized carbons (Fsp3) is 0.615. The second-order valence-electron chi connectivity index (χ2n) is 5.57. The maximum absolute atomic E-state index is 12.1. The van der Waals surface area contributed by atoms with Crippen LogP contribution < -0.4 is 0 Å². The molecule has 0 N–H and O–H groups in total. The quantitative estimate of drug-likeness (QED) is 0.412. The molecule has 0 aromatic carbocycles. The van der Waals surface area contributed by atoms with Gasteiger partial charge in [-0.05, 0) is 23.6 Å². The molecule has 0 rings (SSSR count). The summed E-state index contributed by atoms with van der Waals surface area (Å²) in [5, 5.41) is 0.413. The van der Waals surface area contributed by atoms with E-state index in [1.807, 2.05) is 6.08 Å². The van der Waals surface area contributed by atoms with E-state index in [4.69, 9.17) is 0 Å². The second kappa shape index (κ2) is 5.96. The molecule has 1 nitrogen and oxygen atoms in total. The SMILES string of the molecule is CC/C=C(Br)/C=C/C(=O)[Si](C)(C)C(C)(C)C. The third-order valence-corrected chi connectivity index (χ3v) is 9.02. The fourth-order valence-electron chi connectivity index (χ4n) is 0.996. The van der Waals surface area contributed by atoms with E-state index >= 15 is 0 Å². The first-order valence-corrected chi connectivity index (χ1v) is 9.50. The van der Waals surface area contributed by atoms with Gasteiger partial charge < -0.3 is 4.79 Å². The summed E-state index contributed by atoms with van der Waals surface area (Å²) in [6.45, 7) is 12.8. The molecular formula is C13H23BrOSi. The van der Waals surface area contributed by atoms with Gasteiger partial charge in [-0.1, -0.05) is 62.8 Å². The molecular weight excluding hydrogens is 280 g/mol. The van der Waals surface area contributed by atoms with Crippen LogP contribution in [0.1, 0.15) is 34.1 Å². The average molecular weight is 303 g/mol. The van der Waals surface area contributed by atoms with Crippen LogP contribution in [0.15, 0.2) is 22.7 Å². The number of rotatable bonds is 4. The summed E-state index contributed by atoms with van der Waals surface area (Å²) in [5.74, 6) is 0. The molecule has 0 spiro atoms. The van der Waals surface area contributed by atoms with Crippen molar-refractivity contribution in [2.75, 3.05) is 0 Å². The molecule has 0 aromatic heterocycles. The monoisotopic (exact) mass is 302 g/mol. The summed E-state index contributed by atoms with van der Waals surface area (Å²) in [5.41, 5.74) is 0. The highest BCUT2D eigenvalue weighted by molar-refractivity contribution is 9.11. The third-order valence-electron chi connectivity index (χ3n) is 3.28. The molecule has 0 radical (unpaired) electrons. The molecule has 0 unspecified atom stereocenters. The summed E-state index contributed by atoms with van der Waals surface area (Å²) in [7, 11) is -1.87. The van der Waals surface area contributed by atoms with Gasteiger partial charge in [0.15, 0.2) is 0 Å². The summed E-state index contributed by atoms with van der Waals surface area (Å²) >= 11 is 3.42. The Kier molecular flexibility index (Phi) is 5.91. The summed E-state index contributed by atoms with van der Waals surface area (Å²) in [6.07, 6.45) is 6.62. The van der Waals surface area contributed by atoms with Gasteiger partial charge in [0.1, 0.15) is 13.5 Å². The van der Waals surface area contributed by atoms with Crippen LogP contribution in [0.4, 0.5) is 0 Å². The number of hydrogen-bond acceptors (Lipinski definition) is 1. The van der Waals surface area contributed by atoms with Crippen LogP contribution in [0, 0.1) is 0 Å². The molecule has 3 heteroatoms. The van der Waals surface area contributed by atoms with E-state index in [0.717, 1.165) is 10.9 Å². The van der Waals surface area contributed by atoms with Crippen molar-refractivity contribution < 1.29 is 4.79 Å². The molecule has 0 aliphatic heterocycles. The van der Waals surface area contributed by atoms with E-state index < -0.39 is 8.07 Å². The first-order chi connectivity index (χ1) is 7.13. The van der Waals surface area contributed by atoms with Crippen LogP contribution in [-0.2, 0) is 4.79 Å². The minimum Gasteiger partial charge on any atom is -0.301 e. The smallest absolute Gasteiger partial charge is 0.137 e. The number of hydrogen-bond donors (Lipinski definition) is 0. The maximum atomic E-state index is 12.1. The normalized spacial score (nSPS) is 14.6. The highest BCUT2D eigenvalue weighted by atomic mass is 79.9. The molecule has 0 atom stereocenters. The third kappa shape index (κ3) is 4.38. The van der Waals surface area contributed by atoms with Gasteiger partial charge >= 0.3 is 0 Å². The van der Waals surface area contributed by atoms with Crippen molar-refractivity contribution in [1.82, 2.24) is 0 Å². The van der Waals surface area contributed by atoms with Crippen molar-refractivity contribution in [3.63, 3.8) is 0 Å². The van der Waals surface area contributed by atoms with E-state index in [-0.39, 0.29) is 5.04 Å². The van der Waals surface area contributed by atoms with Crippen LogP contribution >= 0.6 is 15.9 Å². The summed E-state index contributed by atoms with van der Waals surface area (Å²) < 4.78 is 0.988. The Hall–Kier alpha value is -0.153. The van der Waals surface area contributed by atoms with E-state index in [2.05, 4.69) is 62.8 Å². The maximum Gasteiger partial charge on any atom is 0.137 e. The van der Waals surface area contributed by atoms with Gasteiger partial charge in [-0.25, -0.2) is 0 Å². The molecule has 16 heavy (non-hydrogen) atoms. The van der Waals surface area contributed by atoms with Crippen LogP contribution in [0.25, 0.3) is 0 Å². The van der Waals surface area contributed by atoms with E-state index in [0.29, 0.717) is 5.41 Å². The second-order valence-corrected chi connectivity index (χ2v) is 11.7. The lowest BCUT2D eigenvalue weighted by molar-refractivity contribution is -0.108. The van der Waals surface area contributed by atoms with Gasteiger partial charge in [-0.15, -0.1) is 0 Å². The molecule has 0 saturated heterocycles. The predicted molar refractivity (Wildman–Crippen MR) is 78.6 cm³/mol. The molecule has 0 saturated carbocycles. The van der Waals surface area contributed by atoms with Gasteiger partial charge in [0.05, 0.1) is 0 Å². The Morgan fingerprint density at radius 1 is 1.25 bits per heavy atom. The lowest BCUT2D eigenvalue weighted by Gasteiger charge is -2.34. The van der Waals surface area contributed by atoms with Crippen molar-refractivity contribution in [2.24, 2.45) is 0 Å². The fourth-order valence-corrected chi connectivity index (χ4v) is 2.69. The Morgan fingerprint density at radius 3 is 2.12 bits per heavy atom. The number of carbonyl (C=O) groups excluding carboxylic acids is 1. The zero-order valence-corrected chi connectivity index (χ0v) is 13.8. The zero-order valence-electron chi connectivity index (χ0n) is 11.2. The molecule has 0 fully saturated rings.